The number of pyridine rings is 1. The fourth-order valence-corrected chi connectivity index (χ4v) is 2.74. The van der Waals surface area contributed by atoms with Crippen molar-refractivity contribution in [1.29, 1.82) is 0 Å². The maximum Gasteiger partial charge on any atom is 0.123 e. The van der Waals surface area contributed by atoms with Crippen molar-refractivity contribution in [3.8, 4) is 11.3 Å². The summed E-state index contributed by atoms with van der Waals surface area (Å²) in [7, 11) is 0. The maximum absolute atomic E-state index is 13.6. The Balaban J connectivity index is 2.18. The lowest BCUT2D eigenvalue weighted by molar-refractivity contribution is 0.629. The molecule has 0 bridgehead atoms. The highest BCUT2D eigenvalue weighted by Gasteiger charge is 2.10. The van der Waals surface area contributed by atoms with Gasteiger partial charge in [-0.3, -0.25) is 0 Å². The minimum atomic E-state index is -0.234. The monoisotopic (exact) mass is 273 g/mol. The van der Waals surface area contributed by atoms with Crippen molar-refractivity contribution in [2.75, 3.05) is 0 Å². The Morgan fingerprint density at radius 3 is 2.19 bits per heavy atom. The molecular formula is C19H12FN. The van der Waals surface area contributed by atoms with E-state index in [1.54, 1.807) is 12.1 Å². The highest BCUT2D eigenvalue weighted by molar-refractivity contribution is 6.10. The predicted molar refractivity (Wildman–Crippen MR) is 84.6 cm³/mol. The first kappa shape index (κ1) is 12.0. The second-order valence-electron chi connectivity index (χ2n) is 5.03. The van der Waals surface area contributed by atoms with E-state index < -0.39 is 0 Å². The molecule has 4 rings (SSSR count). The van der Waals surface area contributed by atoms with E-state index in [9.17, 15) is 4.39 Å². The summed E-state index contributed by atoms with van der Waals surface area (Å²) >= 11 is 0. The van der Waals surface area contributed by atoms with Gasteiger partial charge in [0.1, 0.15) is 5.82 Å². The summed E-state index contributed by atoms with van der Waals surface area (Å²) in [5.74, 6) is -0.234. The Labute approximate surface area is 121 Å². The van der Waals surface area contributed by atoms with Gasteiger partial charge in [0.15, 0.2) is 0 Å². The van der Waals surface area contributed by atoms with Crippen LogP contribution in [0, 0.1) is 5.82 Å². The molecule has 100 valence electrons. The number of fused-ring (bicyclic) bond motifs is 3. The molecule has 0 unspecified atom stereocenters. The number of hydrogen-bond acceptors (Lipinski definition) is 1. The number of rotatable bonds is 1. The smallest absolute Gasteiger partial charge is 0.123 e. The molecule has 0 amide bonds. The zero-order valence-corrected chi connectivity index (χ0v) is 11.3. The number of aromatic nitrogens is 1. The number of benzene rings is 3. The second kappa shape index (κ2) is 4.67. The Hall–Kier alpha value is -2.74. The molecule has 4 aromatic rings. The van der Waals surface area contributed by atoms with E-state index in [2.05, 4.69) is 0 Å². The van der Waals surface area contributed by atoms with Crippen LogP contribution in [-0.4, -0.2) is 4.98 Å². The molecule has 3 aromatic carbocycles. The minimum absolute atomic E-state index is 0.234. The molecule has 0 saturated carbocycles. The Kier molecular flexibility index (Phi) is 2.68. The molecule has 0 spiro atoms. The summed E-state index contributed by atoms with van der Waals surface area (Å²) in [6.07, 6.45) is 0. The van der Waals surface area contributed by atoms with Crippen LogP contribution in [0.15, 0.2) is 72.8 Å². The molecule has 0 aliphatic carbocycles. The van der Waals surface area contributed by atoms with Crippen molar-refractivity contribution >= 4 is 21.7 Å². The summed E-state index contributed by atoms with van der Waals surface area (Å²) < 4.78 is 13.6. The van der Waals surface area contributed by atoms with E-state index in [0.717, 1.165) is 32.9 Å². The van der Waals surface area contributed by atoms with Gasteiger partial charge in [-0.25, -0.2) is 9.37 Å². The third-order valence-corrected chi connectivity index (χ3v) is 3.71. The van der Waals surface area contributed by atoms with Gasteiger partial charge in [0.2, 0.25) is 0 Å². The normalized spacial score (nSPS) is 11.1. The first-order valence-corrected chi connectivity index (χ1v) is 6.86. The molecule has 0 fully saturated rings. The summed E-state index contributed by atoms with van der Waals surface area (Å²) in [4.78, 5) is 4.75. The lowest BCUT2D eigenvalue weighted by atomic mass is 10.00. The van der Waals surface area contributed by atoms with Crippen molar-refractivity contribution < 1.29 is 4.39 Å². The van der Waals surface area contributed by atoms with Gasteiger partial charge in [-0.2, -0.15) is 0 Å². The first-order chi connectivity index (χ1) is 10.3. The topological polar surface area (TPSA) is 12.9 Å². The van der Waals surface area contributed by atoms with Crippen LogP contribution < -0.4 is 0 Å². The van der Waals surface area contributed by atoms with Gasteiger partial charge in [-0.15, -0.1) is 0 Å². The molecule has 0 aliphatic rings. The van der Waals surface area contributed by atoms with Crippen LogP contribution in [0.5, 0.6) is 0 Å². The summed E-state index contributed by atoms with van der Waals surface area (Å²) in [5, 5.41) is 2.92. The van der Waals surface area contributed by atoms with E-state index >= 15 is 0 Å². The van der Waals surface area contributed by atoms with Crippen molar-refractivity contribution in [3.63, 3.8) is 0 Å². The minimum Gasteiger partial charge on any atom is -0.247 e. The Morgan fingerprint density at radius 2 is 1.38 bits per heavy atom. The lowest BCUT2D eigenvalue weighted by Crippen LogP contribution is -1.90. The standard InChI is InChI=1S/C19H12FN/c20-14-10-11-18-17(12-14)15-8-4-5-9-16(15)19(21-18)13-6-2-1-3-7-13/h1-12H. The van der Waals surface area contributed by atoms with Crippen LogP contribution in [0.4, 0.5) is 4.39 Å². The highest BCUT2D eigenvalue weighted by atomic mass is 19.1. The molecule has 21 heavy (non-hydrogen) atoms. The summed E-state index contributed by atoms with van der Waals surface area (Å²) in [5.41, 5.74) is 2.82. The lowest BCUT2D eigenvalue weighted by Gasteiger charge is -2.10. The quantitative estimate of drug-likeness (QED) is 0.435. The van der Waals surface area contributed by atoms with E-state index in [4.69, 9.17) is 4.98 Å². The van der Waals surface area contributed by atoms with Crippen molar-refractivity contribution in [2.24, 2.45) is 0 Å². The third-order valence-electron chi connectivity index (χ3n) is 3.71. The summed E-state index contributed by atoms with van der Waals surface area (Å²) in [6.45, 7) is 0. The van der Waals surface area contributed by atoms with Gasteiger partial charge < -0.3 is 0 Å². The SMILES string of the molecule is Fc1ccc2nc(-c3ccccc3)c3ccccc3c2c1. The molecule has 2 heteroatoms. The molecule has 0 N–H and O–H groups in total. The van der Waals surface area contributed by atoms with Crippen LogP contribution in [0.1, 0.15) is 0 Å². The third kappa shape index (κ3) is 1.96. The van der Waals surface area contributed by atoms with Gasteiger partial charge in [-0.1, -0.05) is 54.6 Å². The van der Waals surface area contributed by atoms with Gasteiger partial charge in [0.05, 0.1) is 11.2 Å². The molecule has 1 heterocycles. The fourth-order valence-electron chi connectivity index (χ4n) is 2.74. The van der Waals surface area contributed by atoms with Crippen LogP contribution in [0.25, 0.3) is 32.9 Å². The van der Waals surface area contributed by atoms with E-state index in [-0.39, 0.29) is 5.82 Å². The first-order valence-electron chi connectivity index (χ1n) is 6.86. The largest absolute Gasteiger partial charge is 0.247 e. The molecular weight excluding hydrogens is 261 g/mol. The second-order valence-corrected chi connectivity index (χ2v) is 5.03. The number of halogens is 1. The predicted octanol–water partition coefficient (Wildman–Crippen LogP) is 5.19. The van der Waals surface area contributed by atoms with Crippen LogP contribution in [0.2, 0.25) is 0 Å². The molecule has 1 nitrogen and oxygen atoms in total. The highest BCUT2D eigenvalue weighted by Crippen LogP contribution is 2.32. The van der Waals surface area contributed by atoms with E-state index in [1.165, 1.54) is 6.07 Å². The van der Waals surface area contributed by atoms with E-state index in [0.29, 0.717) is 0 Å². The zero-order valence-electron chi connectivity index (χ0n) is 11.3. The molecule has 1 aromatic heterocycles. The Morgan fingerprint density at radius 1 is 0.667 bits per heavy atom. The van der Waals surface area contributed by atoms with Gasteiger partial charge in [0, 0.05) is 16.3 Å². The maximum atomic E-state index is 13.6. The molecule has 0 radical (unpaired) electrons. The zero-order chi connectivity index (χ0) is 14.2. The number of hydrogen-bond donors (Lipinski definition) is 0. The van der Waals surface area contributed by atoms with Crippen LogP contribution in [0.3, 0.4) is 0 Å². The van der Waals surface area contributed by atoms with Crippen molar-refractivity contribution in [3.05, 3.63) is 78.6 Å². The molecule has 0 atom stereocenters. The van der Waals surface area contributed by atoms with Crippen molar-refractivity contribution in [2.45, 2.75) is 0 Å². The molecule has 0 saturated heterocycles. The van der Waals surface area contributed by atoms with E-state index in [1.807, 2.05) is 54.6 Å². The average Bonchev–Trinajstić information content (AvgIpc) is 2.55. The van der Waals surface area contributed by atoms with Crippen LogP contribution in [-0.2, 0) is 0 Å². The summed E-state index contributed by atoms with van der Waals surface area (Å²) in [6, 6.07) is 22.9. The average molecular weight is 273 g/mol. The molecule has 0 aliphatic heterocycles. The van der Waals surface area contributed by atoms with Crippen molar-refractivity contribution in [1.82, 2.24) is 4.98 Å². The Bertz CT molecular complexity index is 945. The number of nitrogens with zero attached hydrogens (tertiary/aromatic N) is 1. The van der Waals surface area contributed by atoms with Gasteiger partial charge in [-0.05, 0) is 23.6 Å². The van der Waals surface area contributed by atoms with Gasteiger partial charge in [0.25, 0.3) is 0 Å². The van der Waals surface area contributed by atoms with Gasteiger partial charge >= 0.3 is 0 Å². The van der Waals surface area contributed by atoms with Crippen LogP contribution >= 0.6 is 0 Å². The fraction of sp³-hybridized carbons (Fsp3) is 0.